The molecule has 0 aliphatic heterocycles. The Balaban J connectivity index is 3.42. The zero-order chi connectivity index (χ0) is 14.0. The van der Waals surface area contributed by atoms with Crippen molar-refractivity contribution in [3.8, 4) is 0 Å². The molecule has 0 amide bonds. The largest absolute Gasteiger partial charge is 0.460 e. The molecule has 0 saturated carbocycles. The second-order valence-corrected chi connectivity index (χ2v) is 4.17. The zero-order valence-electron chi connectivity index (χ0n) is 8.82. The molecule has 0 unspecified atom stereocenters. The Hall–Kier alpha value is -1.08. The van der Waals surface area contributed by atoms with E-state index in [1.165, 1.54) is 6.92 Å². The maximum atomic E-state index is 13.5. The topological polar surface area (TPSA) is 43.4 Å². The maximum absolute atomic E-state index is 13.5. The van der Waals surface area contributed by atoms with Gasteiger partial charge in [0.25, 0.3) is 5.78 Å². The number of halogens is 5. The number of hydrogen-bond donors (Lipinski definition) is 0. The summed E-state index contributed by atoms with van der Waals surface area (Å²) in [5.74, 6) is -7.73. The molecule has 0 saturated heterocycles. The Bertz CT molecular complexity index is 505. The number of carbonyl (C=O) groups excluding carboxylic acids is 2. The highest BCUT2D eigenvalue weighted by atomic mass is 79.9. The van der Waals surface area contributed by atoms with E-state index >= 15 is 0 Å². The minimum absolute atomic E-state index is 0.148. The third-order valence-electron chi connectivity index (χ3n) is 1.90. The molecule has 0 bridgehead atoms. The monoisotopic (exact) mass is 344 g/mol. The molecule has 18 heavy (non-hydrogen) atoms. The van der Waals surface area contributed by atoms with E-state index in [-0.39, 0.29) is 6.61 Å². The summed E-state index contributed by atoms with van der Waals surface area (Å²) >= 11 is 7.80. The smallest absolute Gasteiger partial charge is 0.379 e. The standard InChI is InChI=1S/C10H5BrClF3O3/c1-2-18-10(17)9(16)3-5(12)7(14)4(11)8(15)6(3)13/h2H2,1H3. The molecule has 1 aromatic rings. The number of esters is 1. The molecule has 8 heteroatoms. The van der Waals surface area contributed by atoms with Crippen LogP contribution < -0.4 is 0 Å². The number of benzene rings is 1. The molecule has 0 heterocycles. The van der Waals surface area contributed by atoms with Crippen LogP contribution in [0.1, 0.15) is 17.3 Å². The van der Waals surface area contributed by atoms with E-state index in [0.717, 1.165) is 0 Å². The van der Waals surface area contributed by atoms with Gasteiger partial charge in [0.05, 0.1) is 21.7 Å². The zero-order valence-corrected chi connectivity index (χ0v) is 11.2. The van der Waals surface area contributed by atoms with Crippen LogP contribution >= 0.6 is 27.5 Å². The molecule has 1 rings (SSSR count). The molecule has 0 spiro atoms. The predicted octanol–water partition coefficient (Wildman–Crippen LogP) is 3.27. The molecule has 0 aliphatic rings. The van der Waals surface area contributed by atoms with E-state index in [9.17, 15) is 22.8 Å². The molecular weight excluding hydrogens is 340 g/mol. The Kier molecular flexibility index (Phi) is 4.75. The van der Waals surface area contributed by atoms with E-state index in [4.69, 9.17) is 11.6 Å². The van der Waals surface area contributed by atoms with E-state index in [0.29, 0.717) is 0 Å². The molecule has 0 fully saturated rings. The van der Waals surface area contributed by atoms with Gasteiger partial charge in [-0.25, -0.2) is 18.0 Å². The fourth-order valence-corrected chi connectivity index (χ4v) is 1.85. The number of carbonyl (C=O) groups is 2. The predicted molar refractivity (Wildman–Crippen MR) is 60.0 cm³/mol. The normalized spacial score (nSPS) is 10.3. The number of Topliss-reactive ketones (excluding diaryl/α,β-unsaturated/α-hetero) is 1. The van der Waals surface area contributed by atoms with Crippen LogP contribution in [0.5, 0.6) is 0 Å². The summed E-state index contributed by atoms with van der Waals surface area (Å²) in [6, 6.07) is 0. The first-order valence-electron chi connectivity index (χ1n) is 4.55. The van der Waals surface area contributed by atoms with Crippen molar-refractivity contribution in [1.29, 1.82) is 0 Å². The first kappa shape index (κ1) is 15.0. The summed E-state index contributed by atoms with van der Waals surface area (Å²) in [5.41, 5.74) is -1.19. The van der Waals surface area contributed by atoms with Gasteiger partial charge in [-0.3, -0.25) is 4.79 Å². The molecule has 98 valence electrons. The quantitative estimate of drug-likeness (QED) is 0.278. The summed E-state index contributed by atoms with van der Waals surface area (Å²) in [4.78, 5) is 22.5. The summed E-state index contributed by atoms with van der Waals surface area (Å²) in [6.07, 6.45) is 0. The highest BCUT2D eigenvalue weighted by Gasteiger charge is 2.31. The lowest BCUT2D eigenvalue weighted by Crippen LogP contribution is -2.20. The summed E-state index contributed by atoms with van der Waals surface area (Å²) in [7, 11) is 0. The molecular formula is C10H5BrClF3O3. The summed E-state index contributed by atoms with van der Waals surface area (Å²) in [5, 5.41) is -0.987. The third-order valence-corrected chi connectivity index (χ3v) is 2.95. The molecule has 0 atom stereocenters. The highest BCUT2D eigenvalue weighted by Crippen LogP contribution is 2.32. The van der Waals surface area contributed by atoms with Gasteiger partial charge in [0.2, 0.25) is 0 Å². The number of rotatable bonds is 3. The molecule has 0 N–H and O–H groups in total. The van der Waals surface area contributed by atoms with Crippen LogP contribution in [0.15, 0.2) is 4.47 Å². The fraction of sp³-hybridized carbons (Fsp3) is 0.200. The van der Waals surface area contributed by atoms with Crippen LogP contribution in [-0.4, -0.2) is 18.4 Å². The maximum Gasteiger partial charge on any atom is 0.379 e. The molecule has 1 aromatic carbocycles. The van der Waals surface area contributed by atoms with Gasteiger partial charge in [0, 0.05) is 0 Å². The number of hydrogen-bond acceptors (Lipinski definition) is 3. The van der Waals surface area contributed by atoms with Gasteiger partial charge in [-0.1, -0.05) is 11.6 Å². The van der Waals surface area contributed by atoms with Crippen molar-refractivity contribution in [3.05, 3.63) is 32.5 Å². The van der Waals surface area contributed by atoms with Gasteiger partial charge in [0.1, 0.15) is 0 Å². The minimum Gasteiger partial charge on any atom is -0.460 e. The average Bonchev–Trinajstić information content (AvgIpc) is 2.34. The van der Waals surface area contributed by atoms with Gasteiger partial charge < -0.3 is 4.74 Å². The van der Waals surface area contributed by atoms with Gasteiger partial charge in [-0.2, -0.15) is 0 Å². The van der Waals surface area contributed by atoms with Crippen LogP contribution in [0, 0.1) is 17.5 Å². The first-order chi connectivity index (χ1) is 8.32. The van der Waals surface area contributed by atoms with Crippen molar-refractivity contribution in [2.24, 2.45) is 0 Å². The van der Waals surface area contributed by atoms with Crippen LogP contribution in [0.4, 0.5) is 13.2 Å². The second-order valence-electron chi connectivity index (χ2n) is 2.99. The van der Waals surface area contributed by atoms with E-state index in [1.54, 1.807) is 0 Å². The Morgan fingerprint density at radius 2 is 1.78 bits per heavy atom. The highest BCUT2D eigenvalue weighted by molar-refractivity contribution is 9.10. The van der Waals surface area contributed by atoms with Crippen LogP contribution in [-0.2, 0) is 9.53 Å². The first-order valence-corrected chi connectivity index (χ1v) is 5.72. The molecule has 3 nitrogen and oxygen atoms in total. The van der Waals surface area contributed by atoms with E-state index in [1.807, 2.05) is 0 Å². The Labute approximate surface area is 113 Å². The lowest BCUT2D eigenvalue weighted by Gasteiger charge is -2.08. The third kappa shape index (κ3) is 2.51. The Morgan fingerprint density at radius 1 is 1.22 bits per heavy atom. The van der Waals surface area contributed by atoms with Gasteiger partial charge in [-0.15, -0.1) is 0 Å². The average molecular weight is 345 g/mol. The lowest BCUT2D eigenvalue weighted by atomic mass is 10.1. The van der Waals surface area contributed by atoms with Crippen molar-refractivity contribution in [1.82, 2.24) is 0 Å². The van der Waals surface area contributed by atoms with Gasteiger partial charge in [-0.05, 0) is 22.9 Å². The number of ether oxygens (including phenoxy) is 1. The van der Waals surface area contributed by atoms with Gasteiger partial charge >= 0.3 is 5.97 Å². The van der Waals surface area contributed by atoms with Crippen molar-refractivity contribution in [2.45, 2.75) is 6.92 Å². The molecule has 0 radical (unpaired) electrons. The lowest BCUT2D eigenvalue weighted by molar-refractivity contribution is -0.137. The van der Waals surface area contributed by atoms with Crippen molar-refractivity contribution < 1.29 is 27.5 Å². The molecule has 0 aromatic heterocycles. The van der Waals surface area contributed by atoms with Crippen LogP contribution in [0.3, 0.4) is 0 Å². The minimum atomic E-state index is -1.72. The van der Waals surface area contributed by atoms with Crippen LogP contribution in [0.25, 0.3) is 0 Å². The number of ketones is 1. The van der Waals surface area contributed by atoms with Crippen molar-refractivity contribution in [2.75, 3.05) is 6.61 Å². The second kappa shape index (κ2) is 5.71. The molecule has 0 aliphatic carbocycles. The van der Waals surface area contributed by atoms with Crippen molar-refractivity contribution >= 4 is 39.3 Å². The summed E-state index contributed by atoms with van der Waals surface area (Å²) in [6.45, 7) is 1.26. The fourth-order valence-electron chi connectivity index (χ4n) is 1.10. The van der Waals surface area contributed by atoms with Gasteiger partial charge in [0.15, 0.2) is 17.5 Å². The Morgan fingerprint density at radius 3 is 2.28 bits per heavy atom. The van der Waals surface area contributed by atoms with E-state index < -0.39 is 44.3 Å². The summed E-state index contributed by atoms with van der Waals surface area (Å²) < 4.78 is 43.5. The van der Waals surface area contributed by atoms with Crippen LogP contribution in [0.2, 0.25) is 5.02 Å². The van der Waals surface area contributed by atoms with E-state index in [2.05, 4.69) is 20.7 Å². The van der Waals surface area contributed by atoms with Crippen molar-refractivity contribution in [3.63, 3.8) is 0 Å². The SMILES string of the molecule is CCOC(=O)C(=O)c1c(F)c(F)c(Br)c(F)c1Cl.